The summed E-state index contributed by atoms with van der Waals surface area (Å²) in [5.41, 5.74) is 6.25. The van der Waals surface area contributed by atoms with Gasteiger partial charge in [-0.05, 0) is 44.4 Å². The van der Waals surface area contributed by atoms with E-state index in [0.717, 1.165) is 17.7 Å². The molecule has 0 radical (unpaired) electrons. The molecule has 1 saturated carbocycles. The molecule has 0 aliphatic heterocycles. The van der Waals surface area contributed by atoms with Gasteiger partial charge in [0.05, 0.1) is 11.5 Å². The van der Waals surface area contributed by atoms with E-state index in [1.807, 2.05) is 38.1 Å². The quantitative estimate of drug-likeness (QED) is 0.856. The number of hydrogen-bond acceptors (Lipinski definition) is 3. The zero-order valence-corrected chi connectivity index (χ0v) is 11.4. The highest BCUT2D eigenvalue weighted by atomic mass is 16.5. The van der Waals surface area contributed by atoms with E-state index in [1.165, 1.54) is 0 Å². The molecule has 1 aliphatic carbocycles. The normalized spacial score (nSPS) is 18.7. The van der Waals surface area contributed by atoms with Crippen LogP contribution < -0.4 is 10.5 Å². The summed E-state index contributed by atoms with van der Waals surface area (Å²) < 4.78 is 5.57. The molecule has 1 fully saturated rings. The predicted octanol–water partition coefficient (Wildman–Crippen LogP) is 2.73. The first-order valence-corrected chi connectivity index (χ1v) is 6.71. The second-order valence-electron chi connectivity index (χ2n) is 5.53. The van der Waals surface area contributed by atoms with Gasteiger partial charge in [0.2, 0.25) is 0 Å². The minimum Gasteiger partial charge on any atom is -0.491 e. The Labute approximate surface area is 113 Å². The van der Waals surface area contributed by atoms with Crippen LogP contribution in [0.1, 0.15) is 44.7 Å². The van der Waals surface area contributed by atoms with Gasteiger partial charge < -0.3 is 15.6 Å². The molecule has 1 atom stereocenters. The molecule has 1 aromatic rings. The van der Waals surface area contributed by atoms with Crippen LogP contribution in [0.25, 0.3) is 0 Å². The van der Waals surface area contributed by atoms with Gasteiger partial charge in [-0.2, -0.15) is 0 Å². The minimum absolute atomic E-state index is 0.122. The second kappa shape index (κ2) is 5.21. The standard InChI is InChI=1S/C15H21NO3/c1-10(2)19-12-6-4-11(5-7-12)13(16)15(14(17)18)8-3-9-15/h4-7,10,13H,3,8-9,16H2,1-2H3,(H,17,18). The van der Waals surface area contributed by atoms with Gasteiger partial charge in [-0.1, -0.05) is 18.6 Å². The van der Waals surface area contributed by atoms with Gasteiger partial charge >= 0.3 is 5.97 Å². The fourth-order valence-electron chi connectivity index (χ4n) is 2.56. The predicted molar refractivity (Wildman–Crippen MR) is 73.1 cm³/mol. The third kappa shape index (κ3) is 2.59. The topological polar surface area (TPSA) is 72.5 Å². The largest absolute Gasteiger partial charge is 0.491 e. The molecule has 0 amide bonds. The molecule has 0 aromatic heterocycles. The van der Waals surface area contributed by atoms with Crippen LogP contribution in [0.3, 0.4) is 0 Å². The molecule has 104 valence electrons. The van der Waals surface area contributed by atoms with Crippen LogP contribution in [0, 0.1) is 5.41 Å². The molecular formula is C15H21NO3. The van der Waals surface area contributed by atoms with Crippen molar-refractivity contribution in [3.63, 3.8) is 0 Å². The van der Waals surface area contributed by atoms with E-state index >= 15 is 0 Å². The van der Waals surface area contributed by atoms with E-state index in [4.69, 9.17) is 10.5 Å². The zero-order chi connectivity index (χ0) is 14.0. The Balaban J connectivity index is 2.15. The summed E-state index contributed by atoms with van der Waals surface area (Å²) in [4.78, 5) is 11.4. The van der Waals surface area contributed by atoms with Crippen LogP contribution in [-0.4, -0.2) is 17.2 Å². The van der Waals surface area contributed by atoms with Crippen molar-refractivity contribution in [3.8, 4) is 5.75 Å². The van der Waals surface area contributed by atoms with Crippen LogP contribution in [0.2, 0.25) is 0 Å². The average Bonchev–Trinajstić information content (AvgIpc) is 2.26. The van der Waals surface area contributed by atoms with E-state index < -0.39 is 17.4 Å². The number of nitrogens with two attached hydrogens (primary N) is 1. The third-order valence-electron chi connectivity index (χ3n) is 3.88. The molecule has 0 heterocycles. The Morgan fingerprint density at radius 2 is 1.89 bits per heavy atom. The molecule has 3 N–H and O–H groups in total. The van der Waals surface area contributed by atoms with Gasteiger partial charge in [0.25, 0.3) is 0 Å². The lowest BCUT2D eigenvalue weighted by atomic mass is 9.62. The van der Waals surface area contributed by atoms with Crippen molar-refractivity contribution in [1.29, 1.82) is 0 Å². The smallest absolute Gasteiger partial charge is 0.311 e. The molecule has 1 unspecified atom stereocenters. The second-order valence-corrected chi connectivity index (χ2v) is 5.53. The number of aliphatic carboxylic acids is 1. The fourth-order valence-corrected chi connectivity index (χ4v) is 2.56. The van der Waals surface area contributed by atoms with Crippen molar-refractivity contribution in [1.82, 2.24) is 0 Å². The number of ether oxygens (including phenoxy) is 1. The summed E-state index contributed by atoms with van der Waals surface area (Å²) in [5.74, 6) is -0.00214. The monoisotopic (exact) mass is 263 g/mol. The lowest BCUT2D eigenvalue weighted by Crippen LogP contribution is -2.46. The van der Waals surface area contributed by atoms with E-state index in [0.29, 0.717) is 12.8 Å². The highest BCUT2D eigenvalue weighted by molar-refractivity contribution is 5.77. The van der Waals surface area contributed by atoms with Gasteiger partial charge in [-0.15, -0.1) is 0 Å². The summed E-state index contributed by atoms with van der Waals surface area (Å²) >= 11 is 0. The molecule has 4 heteroatoms. The van der Waals surface area contributed by atoms with E-state index in [9.17, 15) is 9.90 Å². The van der Waals surface area contributed by atoms with Crippen molar-refractivity contribution in [2.45, 2.75) is 45.3 Å². The van der Waals surface area contributed by atoms with Crippen LogP contribution >= 0.6 is 0 Å². The number of carboxylic acids is 1. The summed E-state index contributed by atoms with van der Waals surface area (Å²) in [6.07, 6.45) is 2.38. The number of carbonyl (C=O) groups is 1. The lowest BCUT2D eigenvalue weighted by molar-refractivity contribution is -0.156. The van der Waals surface area contributed by atoms with E-state index in [-0.39, 0.29) is 6.10 Å². The average molecular weight is 263 g/mol. The Hall–Kier alpha value is -1.55. The van der Waals surface area contributed by atoms with Gasteiger partial charge in [-0.25, -0.2) is 0 Å². The van der Waals surface area contributed by atoms with Crippen molar-refractivity contribution in [3.05, 3.63) is 29.8 Å². The Bertz CT molecular complexity index is 449. The van der Waals surface area contributed by atoms with Crippen molar-refractivity contribution in [2.24, 2.45) is 11.1 Å². The summed E-state index contributed by atoms with van der Waals surface area (Å²) in [7, 11) is 0. The van der Waals surface area contributed by atoms with Crippen molar-refractivity contribution < 1.29 is 14.6 Å². The summed E-state index contributed by atoms with van der Waals surface area (Å²) in [6, 6.07) is 6.98. The fraction of sp³-hybridized carbons (Fsp3) is 0.533. The molecule has 0 spiro atoms. The molecular weight excluding hydrogens is 242 g/mol. The Morgan fingerprint density at radius 1 is 1.32 bits per heavy atom. The lowest BCUT2D eigenvalue weighted by Gasteiger charge is -2.42. The first-order chi connectivity index (χ1) is 8.95. The summed E-state index contributed by atoms with van der Waals surface area (Å²) in [6.45, 7) is 3.93. The van der Waals surface area contributed by atoms with Gasteiger partial charge in [0.1, 0.15) is 5.75 Å². The highest BCUT2D eigenvalue weighted by Crippen LogP contribution is 2.49. The minimum atomic E-state index is -0.784. The first-order valence-electron chi connectivity index (χ1n) is 6.71. The Morgan fingerprint density at radius 3 is 2.26 bits per heavy atom. The molecule has 4 nitrogen and oxygen atoms in total. The SMILES string of the molecule is CC(C)Oc1ccc(C(N)C2(C(=O)O)CCC2)cc1. The molecule has 0 saturated heterocycles. The zero-order valence-electron chi connectivity index (χ0n) is 11.4. The van der Waals surface area contributed by atoms with Crippen LogP contribution in [0.15, 0.2) is 24.3 Å². The van der Waals surface area contributed by atoms with Crippen molar-refractivity contribution >= 4 is 5.97 Å². The molecule has 19 heavy (non-hydrogen) atoms. The van der Waals surface area contributed by atoms with E-state index in [2.05, 4.69) is 0 Å². The highest BCUT2D eigenvalue weighted by Gasteiger charge is 2.49. The number of rotatable bonds is 5. The van der Waals surface area contributed by atoms with Gasteiger partial charge in [-0.3, -0.25) is 4.79 Å². The molecule has 0 bridgehead atoms. The third-order valence-corrected chi connectivity index (χ3v) is 3.88. The Kier molecular flexibility index (Phi) is 3.80. The van der Waals surface area contributed by atoms with Gasteiger partial charge in [0, 0.05) is 6.04 Å². The van der Waals surface area contributed by atoms with Gasteiger partial charge in [0.15, 0.2) is 0 Å². The maximum atomic E-state index is 11.4. The first kappa shape index (κ1) is 13.9. The van der Waals surface area contributed by atoms with Crippen LogP contribution in [-0.2, 0) is 4.79 Å². The molecule has 1 aromatic carbocycles. The number of benzene rings is 1. The van der Waals surface area contributed by atoms with Crippen LogP contribution in [0.4, 0.5) is 0 Å². The van der Waals surface area contributed by atoms with E-state index in [1.54, 1.807) is 0 Å². The van der Waals surface area contributed by atoms with Crippen LogP contribution in [0.5, 0.6) is 5.75 Å². The summed E-state index contributed by atoms with van der Waals surface area (Å²) in [5, 5.41) is 9.38. The number of hydrogen-bond donors (Lipinski definition) is 2. The number of carboxylic acid groups (broad SMARTS) is 1. The van der Waals surface area contributed by atoms with Crippen molar-refractivity contribution in [2.75, 3.05) is 0 Å². The molecule has 2 rings (SSSR count). The maximum absolute atomic E-state index is 11.4. The maximum Gasteiger partial charge on any atom is 0.311 e. The molecule has 1 aliphatic rings.